The molecule has 5 rings (SSSR count). The third-order valence-electron chi connectivity index (χ3n) is 5.59. The smallest absolute Gasteiger partial charge is 0.162 e. The van der Waals surface area contributed by atoms with E-state index in [0.29, 0.717) is 24.7 Å². The molecule has 3 heteroatoms. The van der Waals surface area contributed by atoms with Crippen LogP contribution in [0.4, 0.5) is 0 Å². The average molecular weight is 459 g/mol. The van der Waals surface area contributed by atoms with Crippen molar-refractivity contribution in [1.82, 2.24) is 0 Å². The molecule has 172 valence electrons. The quantitative estimate of drug-likeness (QED) is 0.222. The molecule has 0 N–H and O–H groups in total. The Labute approximate surface area is 206 Å². The second-order valence-electron chi connectivity index (χ2n) is 8.12. The molecule has 0 aromatic heterocycles. The van der Waals surface area contributed by atoms with Crippen LogP contribution in [0.5, 0.6) is 23.0 Å². The first kappa shape index (κ1) is 22.3. The fraction of sp³-hybridized carbons (Fsp3) is 0.0625. The van der Waals surface area contributed by atoms with Crippen molar-refractivity contribution in [3.8, 4) is 34.1 Å². The summed E-state index contributed by atoms with van der Waals surface area (Å²) in [4.78, 5) is 0. The van der Waals surface area contributed by atoms with Gasteiger partial charge in [0.1, 0.15) is 24.7 Å². The third-order valence-corrected chi connectivity index (χ3v) is 5.59. The summed E-state index contributed by atoms with van der Waals surface area (Å²) in [6.07, 6.45) is 0. The number of benzene rings is 5. The van der Waals surface area contributed by atoms with Gasteiger partial charge in [-0.3, -0.25) is 0 Å². The highest BCUT2D eigenvalue weighted by Gasteiger charge is 2.13. The zero-order chi connectivity index (χ0) is 23.7. The zero-order valence-electron chi connectivity index (χ0n) is 19.3. The van der Waals surface area contributed by atoms with Gasteiger partial charge >= 0.3 is 0 Å². The first-order valence-corrected chi connectivity index (χ1v) is 11.6. The van der Waals surface area contributed by atoms with Crippen LogP contribution in [0.25, 0.3) is 11.1 Å². The first-order chi connectivity index (χ1) is 17.3. The summed E-state index contributed by atoms with van der Waals surface area (Å²) in [5, 5.41) is 0. The van der Waals surface area contributed by atoms with E-state index in [1.807, 2.05) is 103 Å². The Hall–Kier alpha value is -4.50. The molecular formula is C32H26O3. The van der Waals surface area contributed by atoms with E-state index in [-0.39, 0.29) is 0 Å². The summed E-state index contributed by atoms with van der Waals surface area (Å²) in [6.45, 7) is 0.920. The van der Waals surface area contributed by atoms with Crippen LogP contribution in [0.1, 0.15) is 11.1 Å². The van der Waals surface area contributed by atoms with Crippen LogP contribution in [0.3, 0.4) is 0 Å². The van der Waals surface area contributed by atoms with Crippen LogP contribution in [-0.4, -0.2) is 0 Å². The summed E-state index contributed by atoms with van der Waals surface area (Å²) in [7, 11) is 0. The summed E-state index contributed by atoms with van der Waals surface area (Å²) < 4.78 is 18.6. The van der Waals surface area contributed by atoms with Gasteiger partial charge in [-0.25, -0.2) is 0 Å². The van der Waals surface area contributed by atoms with Crippen molar-refractivity contribution in [3.05, 3.63) is 145 Å². The van der Waals surface area contributed by atoms with Crippen LogP contribution < -0.4 is 14.2 Å². The molecule has 0 atom stereocenters. The van der Waals surface area contributed by atoms with Crippen LogP contribution in [0, 0.1) is 0 Å². The van der Waals surface area contributed by atoms with Gasteiger partial charge in [-0.15, -0.1) is 0 Å². The van der Waals surface area contributed by atoms with Crippen molar-refractivity contribution < 1.29 is 14.2 Å². The number of para-hydroxylation sites is 2. The third kappa shape index (κ3) is 5.90. The van der Waals surface area contributed by atoms with Crippen molar-refractivity contribution >= 4 is 0 Å². The molecule has 3 nitrogen and oxygen atoms in total. The number of hydrogen-bond donors (Lipinski definition) is 0. The Morgan fingerprint density at radius 2 is 0.971 bits per heavy atom. The van der Waals surface area contributed by atoms with Gasteiger partial charge in [0.2, 0.25) is 0 Å². The van der Waals surface area contributed by atoms with Gasteiger partial charge in [0.15, 0.2) is 11.5 Å². The lowest BCUT2D eigenvalue weighted by molar-refractivity contribution is 0.256. The minimum atomic E-state index is 0.453. The maximum absolute atomic E-state index is 6.27. The SMILES string of the molecule is c1ccc(COc2ccc(-c3ccccc3Oc3ccccc3)cc2OCc2ccccc2)cc1. The summed E-state index contributed by atoms with van der Waals surface area (Å²) >= 11 is 0. The lowest BCUT2D eigenvalue weighted by atomic mass is 10.0. The van der Waals surface area contributed by atoms with Gasteiger partial charge < -0.3 is 14.2 Å². The van der Waals surface area contributed by atoms with E-state index in [2.05, 4.69) is 30.3 Å². The molecule has 0 aliphatic heterocycles. The van der Waals surface area contributed by atoms with Crippen molar-refractivity contribution in [1.29, 1.82) is 0 Å². The van der Waals surface area contributed by atoms with E-state index in [9.17, 15) is 0 Å². The normalized spacial score (nSPS) is 10.5. The standard InChI is InChI=1S/C32H26O3/c1-4-12-25(13-5-1)23-33-31-21-20-27(22-32(31)34-24-26-14-6-2-7-15-26)29-18-10-11-19-30(29)35-28-16-8-3-9-17-28/h1-22H,23-24H2. The van der Waals surface area contributed by atoms with Crippen molar-refractivity contribution in [2.24, 2.45) is 0 Å². The maximum atomic E-state index is 6.27. The molecule has 0 bridgehead atoms. The molecule has 0 fully saturated rings. The molecule has 0 unspecified atom stereocenters. The molecule has 0 saturated heterocycles. The topological polar surface area (TPSA) is 27.7 Å². The fourth-order valence-electron chi connectivity index (χ4n) is 3.79. The first-order valence-electron chi connectivity index (χ1n) is 11.6. The van der Waals surface area contributed by atoms with E-state index in [1.54, 1.807) is 0 Å². The lowest BCUT2D eigenvalue weighted by Crippen LogP contribution is -2.01. The van der Waals surface area contributed by atoms with Gasteiger partial charge in [0.25, 0.3) is 0 Å². The Morgan fingerprint density at radius 1 is 0.429 bits per heavy atom. The molecular weight excluding hydrogens is 432 g/mol. The van der Waals surface area contributed by atoms with E-state index in [0.717, 1.165) is 33.8 Å². The van der Waals surface area contributed by atoms with Crippen LogP contribution in [0.2, 0.25) is 0 Å². The zero-order valence-corrected chi connectivity index (χ0v) is 19.3. The second-order valence-corrected chi connectivity index (χ2v) is 8.12. The molecule has 0 aliphatic rings. The van der Waals surface area contributed by atoms with Gasteiger partial charge in [-0.1, -0.05) is 103 Å². The maximum Gasteiger partial charge on any atom is 0.162 e. The van der Waals surface area contributed by atoms with Crippen LogP contribution >= 0.6 is 0 Å². The summed E-state index contributed by atoms with van der Waals surface area (Å²) in [5.41, 5.74) is 4.18. The van der Waals surface area contributed by atoms with E-state index in [4.69, 9.17) is 14.2 Å². The van der Waals surface area contributed by atoms with Crippen molar-refractivity contribution in [3.63, 3.8) is 0 Å². The Morgan fingerprint density at radius 3 is 1.63 bits per heavy atom. The van der Waals surface area contributed by atoms with Gasteiger partial charge in [0.05, 0.1) is 0 Å². The lowest BCUT2D eigenvalue weighted by Gasteiger charge is -2.16. The van der Waals surface area contributed by atoms with E-state index >= 15 is 0 Å². The van der Waals surface area contributed by atoms with Crippen LogP contribution in [-0.2, 0) is 13.2 Å². The van der Waals surface area contributed by atoms with E-state index < -0.39 is 0 Å². The molecule has 0 heterocycles. The minimum Gasteiger partial charge on any atom is -0.485 e. The Balaban J connectivity index is 1.44. The minimum absolute atomic E-state index is 0.453. The highest BCUT2D eigenvalue weighted by Crippen LogP contribution is 2.38. The molecule has 0 aliphatic carbocycles. The van der Waals surface area contributed by atoms with Crippen molar-refractivity contribution in [2.45, 2.75) is 13.2 Å². The average Bonchev–Trinajstić information content (AvgIpc) is 2.93. The van der Waals surface area contributed by atoms with Gasteiger partial charge in [-0.2, -0.15) is 0 Å². The highest BCUT2D eigenvalue weighted by molar-refractivity contribution is 5.73. The predicted molar refractivity (Wildman–Crippen MR) is 140 cm³/mol. The summed E-state index contributed by atoms with van der Waals surface area (Å²) in [6, 6.07) is 44.1. The number of ether oxygens (including phenoxy) is 3. The second kappa shape index (κ2) is 11.1. The fourth-order valence-corrected chi connectivity index (χ4v) is 3.79. The van der Waals surface area contributed by atoms with Crippen LogP contribution in [0.15, 0.2) is 133 Å². The number of hydrogen-bond acceptors (Lipinski definition) is 3. The molecule has 5 aromatic rings. The Kier molecular flexibility index (Phi) is 7.06. The van der Waals surface area contributed by atoms with E-state index in [1.165, 1.54) is 0 Å². The highest BCUT2D eigenvalue weighted by atomic mass is 16.5. The Bertz CT molecular complexity index is 1350. The number of rotatable bonds is 9. The predicted octanol–water partition coefficient (Wildman–Crippen LogP) is 8.30. The largest absolute Gasteiger partial charge is 0.485 e. The summed E-state index contributed by atoms with van der Waals surface area (Å²) in [5.74, 6) is 2.97. The molecule has 0 radical (unpaired) electrons. The molecule has 0 amide bonds. The van der Waals surface area contributed by atoms with Gasteiger partial charge in [0, 0.05) is 5.56 Å². The van der Waals surface area contributed by atoms with Crippen molar-refractivity contribution in [2.75, 3.05) is 0 Å². The molecule has 5 aromatic carbocycles. The molecule has 0 saturated carbocycles. The molecule has 35 heavy (non-hydrogen) atoms. The van der Waals surface area contributed by atoms with Gasteiger partial charge in [-0.05, 0) is 47.0 Å². The monoisotopic (exact) mass is 458 g/mol. The molecule has 0 spiro atoms.